The third kappa shape index (κ3) is 1.78. The zero-order valence-corrected chi connectivity index (χ0v) is 10.7. The van der Waals surface area contributed by atoms with Crippen molar-refractivity contribution in [2.45, 2.75) is 25.6 Å². The molecule has 2 atom stereocenters. The number of rotatable bonds is 1. The SMILES string of the molecule is C=C1c2ccc(C(=O)OC)cc2OC(C)C1(C)O. The number of benzene rings is 1. The molecular formula is C14H16O4. The van der Waals surface area contributed by atoms with Crippen LogP contribution in [0.25, 0.3) is 5.57 Å². The number of hydrogen-bond acceptors (Lipinski definition) is 4. The van der Waals surface area contributed by atoms with E-state index in [1.165, 1.54) is 7.11 Å². The molecule has 1 N–H and O–H groups in total. The average Bonchev–Trinajstić information content (AvgIpc) is 2.35. The van der Waals surface area contributed by atoms with E-state index in [9.17, 15) is 9.90 Å². The Kier molecular flexibility index (Phi) is 2.91. The first-order valence-electron chi connectivity index (χ1n) is 5.69. The van der Waals surface area contributed by atoms with Crippen LogP contribution in [0.4, 0.5) is 0 Å². The van der Waals surface area contributed by atoms with Gasteiger partial charge in [0, 0.05) is 5.56 Å². The molecule has 0 spiro atoms. The summed E-state index contributed by atoms with van der Waals surface area (Å²) in [6, 6.07) is 4.95. The Labute approximate surface area is 106 Å². The van der Waals surface area contributed by atoms with Crippen LogP contribution in [0.2, 0.25) is 0 Å². The fourth-order valence-electron chi connectivity index (χ4n) is 1.94. The minimum atomic E-state index is -1.11. The standard InChI is InChI=1S/C14H16O4/c1-8-11-6-5-10(13(15)17-4)7-12(11)18-9(2)14(8,3)16/h5-7,9,16H,1H2,2-4H3. The average molecular weight is 248 g/mol. The smallest absolute Gasteiger partial charge is 0.337 e. The lowest BCUT2D eigenvalue weighted by atomic mass is 9.84. The number of fused-ring (bicyclic) bond motifs is 1. The Morgan fingerprint density at radius 3 is 2.83 bits per heavy atom. The lowest BCUT2D eigenvalue weighted by Crippen LogP contribution is -2.44. The van der Waals surface area contributed by atoms with E-state index in [0.29, 0.717) is 22.4 Å². The van der Waals surface area contributed by atoms with Crippen LogP contribution in [-0.2, 0) is 4.74 Å². The van der Waals surface area contributed by atoms with Gasteiger partial charge in [-0.15, -0.1) is 0 Å². The number of methoxy groups -OCH3 is 1. The molecule has 2 unspecified atom stereocenters. The Hall–Kier alpha value is -1.81. The number of ether oxygens (including phenoxy) is 2. The predicted molar refractivity (Wildman–Crippen MR) is 67.5 cm³/mol. The lowest BCUT2D eigenvalue weighted by molar-refractivity contribution is -0.000635. The molecule has 0 aromatic heterocycles. The molecule has 18 heavy (non-hydrogen) atoms. The van der Waals surface area contributed by atoms with Crippen molar-refractivity contribution in [3.8, 4) is 5.75 Å². The van der Waals surface area contributed by atoms with Crippen molar-refractivity contribution in [2.75, 3.05) is 7.11 Å². The van der Waals surface area contributed by atoms with Gasteiger partial charge in [-0.3, -0.25) is 0 Å². The zero-order valence-electron chi connectivity index (χ0n) is 10.7. The van der Waals surface area contributed by atoms with Crippen LogP contribution in [0.3, 0.4) is 0 Å². The van der Waals surface area contributed by atoms with Crippen LogP contribution in [0, 0.1) is 0 Å². The van der Waals surface area contributed by atoms with Gasteiger partial charge in [0.25, 0.3) is 0 Å². The van der Waals surface area contributed by atoms with E-state index in [-0.39, 0.29) is 0 Å². The Morgan fingerprint density at radius 1 is 1.56 bits per heavy atom. The van der Waals surface area contributed by atoms with Gasteiger partial charge in [-0.25, -0.2) is 4.79 Å². The minimum Gasteiger partial charge on any atom is -0.487 e. The first-order valence-corrected chi connectivity index (χ1v) is 5.69. The number of carbonyl (C=O) groups excluding carboxylic acids is 1. The molecule has 2 rings (SSSR count). The minimum absolute atomic E-state index is 0.415. The van der Waals surface area contributed by atoms with Crippen molar-refractivity contribution in [1.29, 1.82) is 0 Å². The van der Waals surface area contributed by atoms with E-state index in [2.05, 4.69) is 11.3 Å². The highest BCUT2D eigenvalue weighted by molar-refractivity contribution is 5.91. The van der Waals surface area contributed by atoms with Gasteiger partial charge in [-0.2, -0.15) is 0 Å². The summed E-state index contributed by atoms with van der Waals surface area (Å²) in [4.78, 5) is 11.4. The molecule has 0 aliphatic carbocycles. The van der Waals surface area contributed by atoms with E-state index in [0.717, 1.165) is 0 Å². The van der Waals surface area contributed by atoms with Crippen molar-refractivity contribution in [1.82, 2.24) is 0 Å². The summed E-state index contributed by atoms with van der Waals surface area (Å²) in [5.41, 5.74) is 0.607. The summed E-state index contributed by atoms with van der Waals surface area (Å²) < 4.78 is 10.3. The van der Waals surface area contributed by atoms with E-state index in [1.54, 1.807) is 32.0 Å². The maximum Gasteiger partial charge on any atom is 0.337 e. The second-order valence-electron chi connectivity index (χ2n) is 4.59. The maximum atomic E-state index is 11.4. The van der Waals surface area contributed by atoms with Gasteiger partial charge in [0.05, 0.1) is 12.7 Å². The Balaban J connectivity index is 2.48. The summed E-state index contributed by atoms with van der Waals surface area (Å²) in [5, 5.41) is 10.3. The molecule has 1 aromatic carbocycles. The van der Waals surface area contributed by atoms with E-state index >= 15 is 0 Å². The fourth-order valence-corrected chi connectivity index (χ4v) is 1.94. The predicted octanol–water partition coefficient (Wildman–Crippen LogP) is 2.02. The van der Waals surface area contributed by atoms with Crippen molar-refractivity contribution in [2.24, 2.45) is 0 Å². The van der Waals surface area contributed by atoms with Crippen molar-refractivity contribution < 1.29 is 19.4 Å². The molecule has 1 heterocycles. The molecule has 0 amide bonds. The van der Waals surface area contributed by atoms with Crippen molar-refractivity contribution >= 4 is 11.5 Å². The van der Waals surface area contributed by atoms with Crippen LogP contribution in [-0.4, -0.2) is 29.9 Å². The van der Waals surface area contributed by atoms with Gasteiger partial charge in [-0.1, -0.05) is 12.6 Å². The molecule has 1 aliphatic heterocycles. The Bertz CT molecular complexity index is 517. The van der Waals surface area contributed by atoms with Crippen LogP contribution >= 0.6 is 0 Å². The van der Waals surface area contributed by atoms with Gasteiger partial charge in [-0.05, 0) is 31.6 Å². The van der Waals surface area contributed by atoms with Gasteiger partial charge in [0.1, 0.15) is 17.5 Å². The molecule has 0 fully saturated rings. The molecule has 4 heteroatoms. The summed E-state index contributed by atoms with van der Waals surface area (Å²) in [6.07, 6.45) is -0.426. The molecular weight excluding hydrogens is 232 g/mol. The summed E-state index contributed by atoms with van der Waals surface area (Å²) in [7, 11) is 1.33. The second kappa shape index (κ2) is 4.14. The summed E-state index contributed by atoms with van der Waals surface area (Å²) >= 11 is 0. The van der Waals surface area contributed by atoms with Crippen LogP contribution in [0.1, 0.15) is 29.8 Å². The third-order valence-electron chi connectivity index (χ3n) is 3.43. The van der Waals surface area contributed by atoms with Crippen LogP contribution in [0.15, 0.2) is 24.8 Å². The number of esters is 1. The Morgan fingerprint density at radius 2 is 2.22 bits per heavy atom. The molecule has 0 saturated carbocycles. The largest absolute Gasteiger partial charge is 0.487 e. The van der Waals surface area contributed by atoms with Gasteiger partial charge >= 0.3 is 5.97 Å². The monoisotopic (exact) mass is 248 g/mol. The maximum absolute atomic E-state index is 11.4. The highest BCUT2D eigenvalue weighted by Gasteiger charge is 2.39. The van der Waals surface area contributed by atoms with Gasteiger partial charge < -0.3 is 14.6 Å². The molecule has 0 bridgehead atoms. The number of aliphatic hydroxyl groups is 1. The first-order chi connectivity index (χ1) is 8.37. The second-order valence-corrected chi connectivity index (χ2v) is 4.59. The van der Waals surface area contributed by atoms with Gasteiger partial charge in [0.2, 0.25) is 0 Å². The topological polar surface area (TPSA) is 55.8 Å². The van der Waals surface area contributed by atoms with Crippen molar-refractivity contribution in [3.63, 3.8) is 0 Å². The van der Waals surface area contributed by atoms with Crippen LogP contribution in [0.5, 0.6) is 5.75 Å². The number of hydrogen-bond donors (Lipinski definition) is 1. The van der Waals surface area contributed by atoms with E-state index in [4.69, 9.17) is 4.74 Å². The summed E-state index contributed by atoms with van der Waals surface area (Å²) in [6.45, 7) is 7.33. The normalized spacial score (nSPS) is 26.2. The lowest BCUT2D eigenvalue weighted by Gasteiger charge is -2.38. The molecule has 4 nitrogen and oxygen atoms in total. The highest BCUT2D eigenvalue weighted by Crippen LogP contribution is 2.41. The van der Waals surface area contributed by atoms with Crippen molar-refractivity contribution in [3.05, 3.63) is 35.9 Å². The molecule has 1 aliphatic rings. The molecule has 0 radical (unpaired) electrons. The first kappa shape index (κ1) is 12.6. The zero-order chi connectivity index (χ0) is 13.5. The summed E-state index contributed by atoms with van der Waals surface area (Å²) in [5.74, 6) is 0.124. The molecule has 96 valence electrons. The van der Waals surface area contributed by atoms with Gasteiger partial charge in [0.15, 0.2) is 0 Å². The van der Waals surface area contributed by atoms with E-state index < -0.39 is 17.7 Å². The fraction of sp³-hybridized carbons (Fsp3) is 0.357. The third-order valence-corrected chi connectivity index (χ3v) is 3.43. The highest BCUT2D eigenvalue weighted by atomic mass is 16.5. The van der Waals surface area contributed by atoms with Crippen LogP contribution < -0.4 is 4.74 Å². The molecule has 1 aromatic rings. The van der Waals surface area contributed by atoms with E-state index in [1.807, 2.05) is 0 Å². The molecule has 0 saturated heterocycles. The number of carbonyl (C=O) groups is 1. The quantitative estimate of drug-likeness (QED) is 0.772.